The normalized spacial score (nSPS) is 10.1. The molecule has 23 heavy (non-hydrogen) atoms. The summed E-state index contributed by atoms with van der Waals surface area (Å²) < 4.78 is 5.66. The largest absolute Gasteiger partial charge is 0.483 e. The number of nitrogens with one attached hydrogen (secondary N) is 1. The maximum absolute atomic E-state index is 11.9. The summed E-state index contributed by atoms with van der Waals surface area (Å²) in [5, 5.41) is 2.59. The van der Waals surface area contributed by atoms with Gasteiger partial charge in [0.25, 0.3) is 5.91 Å². The quantitative estimate of drug-likeness (QED) is 0.786. The summed E-state index contributed by atoms with van der Waals surface area (Å²) in [6.45, 7) is -0.109. The number of ether oxygens (including phenoxy) is 1. The van der Waals surface area contributed by atoms with E-state index in [1.165, 1.54) is 0 Å². The Hall–Kier alpha value is -3.21. The van der Waals surface area contributed by atoms with Crippen LogP contribution >= 0.6 is 0 Å². The van der Waals surface area contributed by atoms with Gasteiger partial charge in [-0.25, -0.2) is 9.97 Å². The minimum Gasteiger partial charge on any atom is -0.483 e. The van der Waals surface area contributed by atoms with Crippen LogP contribution in [0, 0.1) is 0 Å². The summed E-state index contributed by atoms with van der Waals surface area (Å²) in [5.41, 5.74) is 1.98. The fourth-order valence-electron chi connectivity index (χ4n) is 2.12. The van der Waals surface area contributed by atoms with Gasteiger partial charge in [0.1, 0.15) is 5.75 Å². The molecule has 2 aromatic carbocycles. The Balaban J connectivity index is 1.68. The van der Waals surface area contributed by atoms with Crippen LogP contribution in [0.4, 0.5) is 5.95 Å². The van der Waals surface area contributed by atoms with Gasteiger partial charge in [0.2, 0.25) is 5.95 Å². The molecule has 0 unspecified atom stereocenters. The minimum atomic E-state index is -0.306. The first-order chi connectivity index (χ1) is 11.3. The van der Waals surface area contributed by atoms with Crippen molar-refractivity contribution in [3.05, 3.63) is 73.1 Å². The molecule has 0 radical (unpaired) electrons. The second-order valence-corrected chi connectivity index (χ2v) is 4.77. The summed E-state index contributed by atoms with van der Waals surface area (Å²) in [7, 11) is 0. The van der Waals surface area contributed by atoms with Crippen molar-refractivity contribution in [2.24, 2.45) is 0 Å². The Morgan fingerprint density at radius 3 is 2.39 bits per heavy atom. The summed E-state index contributed by atoms with van der Waals surface area (Å²) in [5.74, 6) is 0.610. The van der Waals surface area contributed by atoms with Crippen LogP contribution in [0.25, 0.3) is 11.1 Å². The minimum absolute atomic E-state index is 0.109. The van der Waals surface area contributed by atoms with Crippen molar-refractivity contribution in [3.8, 4) is 16.9 Å². The number of hydrogen-bond acceptors (Lipinski definition) is 4. The highest BCUT2D eigenvalue weighted by Crippen LogP contribution is 2.29. The van der Waals surface area contributed by atoms with Crippen molar-refractivity contribution >= 4 is 11.9 Å². The summed E-state index contributed by atoms with van der Waals surface area (Å²) in [4.78, 5) is 19.8. The van der Waals surface area contributed by atoms with Crippen LogP contribution in [0.3, 0.4) is 0 Å². The molecule has 1 N–H and O–H groups in total. The molecule has 0 aliphatic carbocycles. The first-order valence-electron chi connectivity index (χ1n) is 7.17. The average Bonchev–Trinajstić information content (AvgIpc) is 2.62. The molecule has 0 fully saturated rings. The third kappa shape index (κ3) is 3.91. The van der Waals surface area contributed by atoms with Gasteiger partial charge in [0, 0.05) is 18.0 Å². The second kappa shape index (κ2) is 7.17. The number of para-hydroxylation sites is 1. The van der Waals surface area contributed by atoms with E-state index in [1.807, 2.05) is 54.6 Å². The van der Waals surface area contributed by atoms with E-state index in [0.29, 0.717) is 5.75 Å². The molecule has 0 spiro atoms. The monoisotopic (exact) mass is 305 g/mol. The van der Waals surface area contributed by atoms with Gasteiger partial charge >= 0.3 is 0 Å². The van der Waals surface area contributed by atoms with Crippen LogP contribution in [0.5, 0.6) is 5.75 Å². The SMILES string of the molecule is O=C(COc1ccccc1-c1ccccc1)Nc1ncccn1. The zero-order chi connectivity index (χ0) is 15.9. The van der Waals surface area contributed by atoms with E-state index in [1.54, 1.807) is 18.5 Å². The Bertz CT molecular complexity index is 777. The lowest BCUT2D eigenvalue weighted by Gasteiger charge is -2.11. The van der Waals surface area contributed by atoms with E-state index in [-0.39, 0.29) is 18.5 Å². The van der Waals surface area contributed by atoms with Gasteiger partial charge in [0.05, 0.1) is 0 Å². The van der Waals surface area contributed by atoms with E-state index in [0.717, 1.165) is 11.1 Å². The maximum atomic E-state index is 11.9. The topological polar surface area (TPSA) is 64.1 Å². The molecule has 1 heterocycles. The lowest BCUT2D eigenvalue weighted by Crippen LogP contribution is -2.21. The van der Waals surface area contributed by atoms with E-state index in [9.17, 15) is 4.79 Å². The van der Waals surface area contributed by atoms with Gasteiger partial charge in [-0.1, -0.05) is 48.5 Å². The number of anilines is 1. The van der Waals surface area contributed by atoms with Gasteiger partial charge in [-0.2, -0.15) is 0 Å². The van der Waals surface area contributed by atoms with Crippen LogP contribution in [0.2, 0.25) is 0 Å². The van der Waals surface area contributed by atoms with Crippen LogP contribution in [-0.4, -0.2) is 22.5 Å². The number of rotatable bonds is 5. The number of aromatic nitrogens is 2. The predicted octanol–water partition coefficient (Wildman–Crippen LogP) is 3.16. The molecule has 3 rings (SSSR count). The number of amides is 1. The molecule has 0 aliphatic rings. The van der Waals surface area contributed by atoms with Crippen molar-refractivity contribution < 1.29 is 9.53 Å². The molecular weight excluding hydrogens is 290 g/mol. The fourth-order valence-corrected chi connectivity index (χ4v) is 2.12. The van der Waals surface area contributed by atoms with Gasteiger partial charge in [-0.15, -0.1) is 0 Å². The van der Waals surface area contributed by atoms with Crippen molar-refractivity contribution in [1.29, 1.82) is 0 Å². The third-order valence-electron chi connectivity index (χ3n) is 3.15. The van der Waals surface area contributed by atoms with Gasteiger partial charge in [-0.3, -0.25) is 10.1 Å². The fraction of sp³-hybridized carbons (Fsp3) is 0.0556. The molecule has 0 atom stereocenters. The molecule has 1 aromatic heterocycles. The second-order valence-electron chi connectivity index (χ2n) is 4.77. The molecule has 0 aliphatic heterocycles. The first-order valence-corrected chi connectivity index (χ1v) is 7.17. The zero-order valence-corrected chi connectivity index (χ0v) is 12.3. The third-order valence-corrected chi connectivity index (χ3v) is 3.15. The Morgan fingerprint density at radius 2 is 1.61 bits per heavy atom. The van der Waals surface area contributed by atoms with Gasteiger partial charge < -0.3 is 4.74 Å². The number of benzene rings is 2. The average molecular weight is 305 g/mol. The van der Waals surface area contributed by atoms with Crippen LogP contribution in [-0.2, 0) is 4.79 Å². The van der Waals surface area contributed by atoms with Crippen LogP contribution in [0.1, 0.15) is 0 Å². The van der Waals surface area contributed by atoms with Gasteiger partial charge in [-0.05, 0) is 17.7 Å². The lowest BCUT2D eigenvalue weighted by atomic mass is 10.1. The first kappa shape index (κ1) is 14.7. The Morgan fingerprint density at radius 1 is 0.913 bits per heavy atom. The number of hydrogen-bond donors (Lipinski definition) is 1. The number of carbonyl (C=O) groups excluding carboxylic acids is 1. The van der Waals surface area contributed by atoms with Crippen molar-refractivity contribution in [2.45, 2.75) is 0 Å². The molecule has 0 saturated heterocycles. The van der Waals surface area contributed by atoms with Crippen molar-refractivity contribution in [3.63, 3.8) is 0 Å². The summed E-state index contributed by atoms with van der Waals surface area (Å²) >= 11 is 0. The Kier molecular flexibility index (Phi) is 4.59. The van der Waals surface area contributed by atoms with Crippen molar-refractivity contribution in [2.75, 3.05) is 11.9 Å². The Labute approximate surface area is 134 Å². The summed E-state index contributed by atoms with van der Waals surface area (Å²) in [6, 6.07) is 19.2. The number of nitrogens with zero attached hydrogens (tertiary/aromatic N) is 2. The predicted molar refractivity (Wildman–Crippen MR) is 88.0 cm³/mol. The molecule has 0 bridgehead atoms. The highest BCUT2D eigenvalue weighted by Gasteiger charge is 2.09. The molecule has 5 heteroatoms. The van der Waals surface area contributed by atoms with E-state index in [2.05, 4.69) is 15.3 Å². The molecule has 1 amide bonds. The maximum Gasteiger partial charge on any atom is 0.264 e. The van der Waals surface area contributed by atoms with Crippen LogP contribution < -0.4 is 10.1 Å². The smallest absolute Gasteiger partial charge is 0.264 e. The standard InChI is InChI=1S/C18H15N3O2/c22-17(21-18-19-11-6-12-20-18)13-23-16-10-5-4-9-15(16)14-7-2-1-3-8-14/h1-12H,13H2,(H,19,20,21,22). The van der Waals surface area contributed by atoms with E-state index < -0.39 is 0 Å². The number of carbonyl (C=O) groups is 1. The highest BCUT2D eigenvalue weighted by atomic mass is 16.5. The lowest BCUT2D eigenvalue weighted by molar-refractivity contribution is -0.118. The van der Waals surface area contributed by atoms with Crippen LogP contribution in [0.15, 0.2) is 73.1 Å². The van der Waals surface area contributed by atoms with Crippen molar-refractivity contribution in [1.82, 2.24) is 9.97 Å². The van der Waals surface area contributed by atoms with Gasteiger partial charge in [0.15, 0.2) is 6.61 Å². The molecular formula is C18H15N3O2. The highest BCUT2D eigenvalue weighted by molar-refractivity contribution is 5.90. The van der Waals surface area contributed by atoms with E-state index >= 15 is 0 Å². The molecule has 0 saturated carbocycles. The molecule has 114 valence electrons. The van der Waals surface area contributed by atoms with E-state index in [4.69, 9.17) is 4.74 Å². The molecule has 5 nitrogen and oxygen atoms in total. The molecule has 3 aromatic rings. The summed E-state index contributed by atoms with van der Waals surface area (Å²) in [6.07, 6.45) is 3.13. The zero-order valence-electron chi connectivity index (χ0n) is 12.3.